The molecule has 2 rings (SSSR count). The summed E-state index contributed by atoms with van der Waals surface area (Å²) in [4.78, 5) is 0. The van der Waals surface area contributed by atoms with Crippen molar-refractivity contribution in [3.63, 3.8) is 0 Å². The van der Waals surface area contributed by atoms with E-state index in [2.05, 4.69) is 49.9 Å². The maximum Gasteiger partial charge on any atom is 0.0927 e. The van der Waals surface area contributed by atoms with E-state index >= 15 is 0 Å². The van der Waals surface area contributed by atoms with Gasteiger partial charge in [-0.3, -0.25) is 0 Å². The van der Waals surface area contributed by atoms with E-state index in [0.717, 1.165) is 6.61 Å². The van der Waals surface area contributed by atoms with Crippen molar-refractivity contribution >= 4 is 17.3 Å². The Balaban J connectivity index is 1.87. The van der Waals surface area contributed by atoms with Crippen LogP contribution in [0.5, 0.6) is 0 Å². The predicted octanol–water partition coefficient (Wildman–Crippen LogP) is 4.60. The molecule has 1 aliphatic rings. The van der Waals surface area contributed by atoms with Crippen LogP contribution < -0.4 is 0 Å². The zero-order valence-corrected chi connectivity index (χ0v) is 12.1. The average Bonchev–Trinajstić information content (AvgIpc) is 2.40. The van der Waals surface area contributed by atoms with E-state index in [1.807, 2.05) is 12.3 Å². The minimum atomic E-state index is 0.374. The topological polar surface area (TPSA) is 9.23 Å². The van der Waals surface area contributed by atoms with Gasteiger partial charge in [-0.25, -0.2) is 0 Å². The summed E-state index contributed by atoms with van der Waals surface area (Å²) < 4.78 is 5.82. The first-order chi connectivity index (χ1) is 8.70. The fourth-order valence-corrected chi connectivity index (χ4v) is 3.62. The molecule has 0 N–H and O–H groups in total. The summed E-state index contributed by atoms with van der Waals surface area (Å²) in [7, 11) is 0. The molecular formula is C16H22OS. The molecule has 1 heterocycles. The van der Waals surface area contributed by atoms with Gasteiger partial charge in [-0.2, -0.15) is 11.8 Å². The number of benzene rings is 1. The molecule has 0 aromatic heterocycles. The summed E-state index contributed by atoms with van der Waals surface area (Å²) in [5.74, 6) is 2.56. The third kappa shape index (κ3) is 3.81. The third-order valence-corrected chi connectivity index (χ3v) is 4.61. The summed E-state index contributed by atoms with van der Waals surface area (Å²) >= 11 is 2.06. The van der Waals surface area contributed by atoms with Crippen molar-refractivity contribution in [2.75, 3.05) is 18.1 Å². The Bertz CT molecular complexity index is 391. The van der Waals surface area contributed by atoms with Gasteiger partial charge in [0.1, 0.15) is 0 Å². The minimum absolute atomic E-state index is 0.374. The molecular weight excluding hydrogens is 240 g/mol. The smallest absolute Gasteiger partial charge is 0.0927 e. The van der Waals surface area contributed by atoms with Gasteiger partial charge in [-0.15, -0.1) is 0 Å². The maximum absolute atomic E-state index is 5.82. The molecule has 0 saturated carbocycles. The lowest BCUT2D eigenvalue weighted by Gasteiger charge is -2.32. The first kappa shape index (κ1) is 13.5. The SMILES string of the molecule is C/C(=C/OCC1(C)CCSCC1)c1ccccc1. The number of rotatable bonds is 4. The molecule has 0 atom stereocenters. The van der Waals surface area contributed by atoms with Crippen molar-refractivity contribution in [1.29, 1.82) is 0 Å². The van der Waals surface area contributed by atoms with Crippen LogP contribution in [-0.4, -0.2) is 18.1 Å². The van der Waals surface area contributed by atoms with Gasteiger partial charge in [0.15, 0.2) is 0 Å². The molecule has 0 spiro atoms. The van der Waals surface area contributed by atoms with Gasteiger partial charge < -0.3 is 4.74 Å². The van der Waals surface area contributed by atoms with E-state index in [4.69, 9.17) is 4.74 Å². The Hall–Kier alpha value is -0.890. The molecule has 18 heavy (non-hydrogen) atoms. The van der Waals surface area contributed by atoms with Gasteiger partial charge in [0.2, 0.25) is 0 Å². The Labute approximate surface area is 115 Å². The molecule has 0 bridgehead atoms. The summed E-state index contributed by atoms with van der Waals surface area (Å²) in [6.45, 7) is 5.30. The zero-order valence-electron chi connectivity index (χ0n) is 11.3. The van der Waals surface area contributed by atoms with Crippen LogP contribution in [0.3, 0.4) is 0 Å². The zero-order chi connectivity index (χ0) is 12.8. The van der Waals surface area contributed by atoms with Crippen molar-refractivity contribution in [1.82, 2.24) is 0 Å². The van der Waals surface area contributed by atoms with Crippen LogP contribution >= 0.6 is 11.8 Å². The molecule has 1 nitrogen and oxygen atoms in total. The Morgan fingerprint density at radius 3 is 2.61 bits per heavy atom. The van der Waals surface area contributed by atoms with Crippen molar-refractivity contribution < 1.29 is 4.74 Å². The second-order valence-corrected chi connectivity index (χ2v) is 6.63. The molecule has 2 heteroatoms. The molecule has 1 aromatic carbocycles. The molecule has 1 fully saturated rings. The Kier molecular flexibility index (Phi) is 4.76. The van der Waals surface area contributed by atoms with Crippen molar-refractivity contribution in [2.24, 2.45) is 5.41 Å². The van der Waals surface area contributed by atoms with Gasteiger partial charge in [0.05, 0.1) is 12.9 Å². The van der Waals surface area contributed by atoms with Crippen molar-refractivity contribution in [3.05, 3.63) is 42.2 Å². The van der Waals surface area contributed by atoms with E-state index in [-0.39, 0.29) is 0 Å². The van der Waals surface area contributed by atoms with Crippen LogP contribution in [0, 0.1) is 5.41 Å². The van der Waals surface area contributed by atoms with Gasteiger partial charge in [0, 0.05) is 5.41 Å². The van der Waals surface area contributed by atoms with Crippen LogP contribution in [-0.2, 0) is 4.74 Å². The quantitative estimate of drug-likeness (QED) is 0.734. The number of hydrogen-bond donors (Lipinski definition) is 0. The average molecular weight is 262 g/mol. The molecule has 0 unspecified atom stereocenters. The van der Waals surface area contributed by atoms with Crippen LogP contribution in [0.2, 0.25) is 0 Å². The lowest BCUT2D eigenvalue weighted by atomic mass is 9.85. The number of ether oxygens (including phenoxy) is 1. The van der Waals surface area contributed by atoms with E-state index in [1.54, 1.807) is 0 Å². The molecule has 1 aliphatic heterocycles. The fraction of sp³-hybridized carbons (Fsp3) is 0.500. The van der Waals surface area contributed by atoms with Gasteiger partial charge in [-0.05, 0) is 42.4 Å². The van der Waals surface area contributed by atoms with Crippen LogP contribution in [0.15, 0.2) is 36.6 Å². The standard InChI is InChI=1S/C16H22OS/c1-14(15-6-4-3-5-7-15)12-17-13-16(2)8-10-18-11-9-16/h3-7,12H,8-11,13H2,1-2H3/b14-12-. The monoisotopic (exact) mass is 262 g/mol. The summed E-state index contributed by atoms with van der Waals surface area (Å²) in [5, 5.41) is 0. The molecule has 98 valence electrons. The fourth-order valence-electron chi connectivity index (χ4n) is 2.15. The highest BCUT2D eigenvalue weighted by Gasteiger charge is 2.27. The van der Waals surface area contributed by atoms with E-state index in [0.29, 0.717) is 5.41 Å². The second-order valence-electron chi connectivity index (χ2n) is 5.40. The van der Waals surface area contributed by atoms with E-state index in [1.165, 1.54) is 35.5 Å². The first-order valence-electron chi connectivity index (χ1n) is 6.61. The normalized spacial score (nSPS) is 19.6. The van der Waals surface area contributed by atoms with Crippen LogP contribution in [0.25, 0.3) is 5.57 Å². The molecule has 0 aliphatic carbocycles. The minimum Gasteiger partial charge on any atom is -0.500 e. The number of allylic oxidation sites excluding steroid dienone is 1. The Morgan fingerprint density at radius 1 is 1.28 bits per heavy atom. The van der Waals surface area contributed by atoms with Gasteiger partial charge in [0.25, 0.3) is 0 Å². The third-order valence-electron chi connectivity index (χ3n) is 3.62. The lowest BCUT2D eigenvalue weighted by molar-refractivity contribution is 0.115. The molecule has 0 radical (unpaired) electrons. The summed E-state index contributed by atoms with van der Waals surface area (Å²) in [6, 6.07) is 10.4. The molecule has 1 saturated heterocycles. The maximum atomic E-state index is 5.82. The first-order valence-corrected chi connectivity index (χ1v) is 7.77. The number of thioether (sulfide) groups is 1. The summed E-state index contributed by atoms with van der Waals surface area (Å²) in [6.07, 6.45) is 4.47. The van der Waals surface area contributed by atoms with Crippen LogP contribution in [0.4, 0.5) is 0 Å². The molecule has 1 aromatic rings. The predicted molar refractivity (Wildman–Crippen MR) is 80.7 cm³/mol. The lowest BCUT2D eigenvalue weighted by Crippen LogP contribution is -2.27. The summed E-state index contributed by atoms with van der Waals surface area (Å²) in [5.41, 5.74) is 2.81. The van der Waals surface area contributed by atoms with E-state index in [9.17, 15) is 0 Å². The second kappa shape index (κ2) is 6.33. The Morgan fingerprint density at radius 2 is 1.94 bits per heavy atom. The highest BCUT2D eigenvalue weighted by molar-refractivity contribution is 7.99. The number of hydrogen-bond acceptors (Lipinski definition) is 2. The highest BCUT2D eigenvalue weighted by Crippen LogP contribution is 2.34. The van der Waals surface area contributed by atoms with Crippen molar-refractivity contribution in [2.45, 2.75) is 26.7 Å². The van der Waals surface area contributed by atoms with Crippen LogP contribution in [0.1, 0.15) is 32.3 Å². The van der Waals surface area contributed by atoms with E-state index < -0.39 is 0 Å². The van der Waals surface area contributed by atoms with Gasteiger partial charge >= 0.3 is 0 Å². The van der Waals surface area contributed by atoms with Gasteiger partial charge in [-0.1, -0.05) is 37.3 Å². The largest absolute Gasteiger partial charge is 0.500 e. The molecule has 0 amide bonds. The highest BCUT2D eigenvalue weighted by atomic mass is 32.2. The van der Waals surface area contributed by atoms with Crippen molar-refractivity contribution in [3.8, 4) is 0 Å².